The number of ether oxygens (including phenoxy) is 1. The molecule has 0 unspecified atom stereocenters. The normalized spacial score (nSPS) is 35.5. The minimum absolute atomic E-state index is 0.0493. The van der Waals surface area contributed by atoms with Crippen molar-refractivity contribution in [2.24, 2.45) is 23.2 Å². The van der Waals surface area contributed by atoms with Crippen LogP contribution < -0.4 is 0 Å². The van der Waals surface area contributed by atoms with Crippen molar-refractivity contribution in [3.8, 4) is 0 Å². The van der Waals surface area contributed by atoms with Crippen LogP contribution in [0.15, 0.2) is 11.6 Å². The molecular weight excluding hydrogens is 236 g/mol. The molecule has 0 radical (unpaired) electrons. The highest BCUT2D eigenvalue weighted by Gasteiger charge is 2.46. The zero-order valence-electron chi connectivity index (χ0n) is 12.9. The Bertz CT molecular complexity index is 371. The first kappa shape index (κ1) is 14.6. The van der Waals surface area contributed by atoms with Crippen molar-refractivity contribution in [3.05, 3.63) is 11.6 Å². The second kappa shape index (κ2) is 5.68. The number of hydrogen-bond donors (Lipinski definition) is 0. The van der Waals surface area contributed by atoms with Crippen molar-refractivity contribution < 1.29 is 9.53 Å². The maximum Gasteiger partial charge on any atom is 0.306 e. The van der Waals surface area contributed by atoms with Gasteiger partial charge >= 0.3 is 5.97 Å². The summed E-state index contributed by atoms with van der Waals surface area (Å²) in [6.07, 6.45) is 8.17. The van der Waals surface area contributed by atoms with E-state index in [-0.39, 0.29) is 5.97 Å². The Morgan fingerprint density at radius 2 is 2.32 bits per heavy atom. The van der Waals surface area contributed by atoms with Gasteiger partial charge in [0, 0.05) is 0 Å². The smallest absolute Gasteiger partial charge is 0.306 e. The highest BCUT2D eigenvalue weighted by atomic mass is 16.5. The van der Waals surface area contributed by atoms with Crippen LogP contribution in [0, 0.1) is 23.2 Å². The van der Waals surface area contributed by atoms with Gasteiger partial charge in [-0.15, -0.1) is 0 Å². The van der Waals surface area contributed by atoms with Gasteiger partial charge in [-0.25, -0.2) is 0 Å². The molecule has 1 saturated carbocycles. The molecule has 19 heavy (non-hydrogen) atoms. The lowest BCUT2D eigenvalue weighted by Gasteiger charge is -2.44. The Labute approximate surface area is 117 Å². The van der Waals surface area contributed by atoms with E-state index >= 15 is 0 Å². The van der Waals surface area contributed by atoms with Gasteiger partial charge in [0.2, 0.25) is 0 Å². The lowest BCUT2D eigenvalue weighted by molar-refractivity contribution is -0.143. The Hall–Kier alpha value is -0.790. The number of esters is 1. The van der Waals surface area contributed by atoms with Gasteiger partial charge in [-0.3, -0.25) is 4.79 Å². The third-order valence-corrected chi connectivity index (χ3v) is 5.42. The van der Waals surface area contributed by atoms with Crippen molar-refractivity contribution in [1.82, 2.24) is 0 Å². The molecule has 0 aliphatic heterocycles. The molecule has 2 aliphatic carbocycles. The fourth-order valence-electron chi connectivity index (χ4n) is 4.49. The number of allylic oxidation sites excluding steroid dienone is 2. The van der Waals surface area contributed by atoms with Crippen LogP contribution in [0.5, 0.6) is 0 Å². The first-order chi connectivity index (χ1) is 8.99. The Kier molecular flexibility index (Phi) is 4.37. The third-order valence-electron chi connectivity index (χ3n) is 5.42. The van der Waals surface area contributed by atoms with Crippen LogP contribution in [-0.4, -0.2) is 12.6 Å². The summed E-state index contributed by atoms with van der Waals surface area (Å²) in [5.74, 6) is 1.90. The van der Waals surface area contributed by atoms with Gasteiger partial charge in [0.15, 0.2) is 0 Å². The summed E-state index contributed by atoms with van der Waals surface area (Å²) >= 11 is 0. The summed E-state index contributed by atoms with van der Waals surface area (Å²) in [6, 6.07) is 0. The summed E-state index contributed by atoms with van der Waals surface area (Å²) in [7, 11) is 0. The molecule has 0 aromatic carbocycles. The fraction of sp³-hybridized carbons (Fsp3) is 0.824. The van der Waals surface area contributed by atoms with Gasteiger partial charge < -0.3 is 4.74 Å². The molecule has 0 heterocycles. The van der Waals surface area contributed by atoms with E-state index in [4.69, 9.17) is 4.74 Å². The van der Waals surface area contributed by atoms with Crippen molar-refractivity contribution in [2.75, 3.05) is 6.61 Å². The van der Waals surface area contributed by atoms with E-state index in [9.17, 15) is 4.79 Å². The van der Waals surface area contributed by atoms with E-state index in [1.165, 1.54) is 31.3 Å². The van der Waals surface area contributed by atoms with E-state index < -0.39 is 0 Å². The standard InChI is InChI=1S/C17H28O2/c1-5-19-16(18)11-13(3)15-9-8-14-12(2)7-6-10-17(14,15)4/h9,12-14H,5-8,10-11H2,1-4H3/t12-,13+,14+,17+/m1/s1. The van der Waals surface area contributed by atoms with Crippen LogP contribution in [0.25, 0.3) is 0 Å². The van der Waals surface area contributed by atoms with Crippen molar-refractivity contribution in [1.29, 1.82) is 0 Å². The fourth-order valence-corrected chi connectivity index (χ4v) is 4.49. The molecule has 0 bridgehead atoms. The first-order valence-corrected chi connectivity index (χ1v) is 7.85. The lowest BCUT2D eigenvalue weighted by Crippen LogP contribution is -2.35. The minimum atomic E-state index is -0.0493. The predicted octanol–water partition coefficient (Wildman–Crippen LogP) is 4.35. The topological polar surface area (TPSA) is 26.3 Å². The Balaban J connectivity index is 2.06. The van der Waals surface area contributed by atoms with E-state index in [0.29, 0.717) is 24.4 Å². The van der Waals surface area contributed by atoms with E-state index in [2.05, 4.69) is 26.8 Å². The number of fused-ring (bicyclic) bond motifs is 1. The molecular formula is C17H28O2. The second-order valence-electron chi connectivity index (χ2n) is 6.70. The van der Waals surface area contributed by atoms with Gasteiger partial charge in [-0.2, -0.15) is 0 Å². The molecule has 2 heteroatoms. The summed E-state index contributed by atoms with van der Waals surface area (Å²) in [5, 5.41) is 0. The van der Waals surface area contributed by atoms with E-state index in [1.807, 2.05) is 6.92 Å². The molecule has 1 fully saturated rings. The first-order valence-electron chi connectivity index (χ1n) is 7.85. The monoisotopic (exact) mass is 264 g/mol. The molecule has 108 valence electrons. The molecule has 4 atom stereocenters. The Morgan fingerprint density at radius 3 is 3.00 bits per heavy atom. The highest BCUT2D eigenvalue weighted by Crippen LogP contribution is 2.56. The van der Waals surface area contributed by atoms with Crippen molar-refractivity contribution in [2.45, 2.75) is 59.8 Å². The van der Waals surface area contributed by atoms with Crippen LogP contribution in [-0.2, 0) is 9.53 Å². The summed E-state index contributed by atoms with van der Waals surface area (Å²) < 4.78 is 5.10. The zero-order chi connectivity index (χ0) is 14.0. The molecule has 2 nitrogen and oxygen atoms in total. The van der Waals surface area contributed by atoms with Gasteiger partial charge in [0.25, 0.3) is 0 Å². The molecule has 2 rings (SSSR count). The number of carbonyl (C=O) groups excluding carboxylic acids is 1. The van der Waals surface area contributed by atoms with Gasteiger partial charge in [0.1, 0.15) is 0 Å². The maximum absolute atomic E-state index is 11.7. The van der Waals surface area contributed by atoms with Gasteiger partial charge in [0.05, 0.1) is 13.0 Å². The van der Waals surface area contributed by atoms with Crippen molar-refractivity contribution >= 4 is 5.97 Å². The predicted molar refractivity (Wildman–Crippen MR) is 77.7 cm³/mol. The number of rotatable bonds is 4. The van der Waals surface area contributed by atoms with Crippen LogP contribution >= 0.6 is 0 Å². The maximum atomic E-state index is 11.7. The highest BCUT2D eigenvalue weighted by molar-refractivity contribution is 5.70. The quantitative estimate of drug-likeness (QED) is 0.557. The average molecular weight is 264 g/mol. The third kappa shape index (κ3) is 2.73. The van der Waals surface area contributed by atoms with E-state index in [1.54, 1.807) is 0 Å². The number of carbonyl (C=O) groups is 1. The molecule has 0 amide bonds. The summed E-state index contributed by atoms with van der Waals surface area (Å²) in [4.78, 5) is 11.7. The molecule has 0 saturated heterocycles. The van der Waals surface area contributed by atoms with Gasteiger partial charge in [-0.1, -0.05) is 45.3 Å². The van der Waals surface area contributed by atoms with Crippen LogP contribution in [0.1, 0.15) is 59.8 Å². The molecule has 0 N–H and O–H groups in total. The lowest BCUT2D eigenvalue weighted by atomic mass is 9.60. The van der Waals surface area contributed by atoms with Crippen molar-refractivity contribution in [3.63, 3.8) is 0 Å². The molecule has 0 aromatic heterocycles. The second-order valence-corrected chi connectivity index (χ2v) is 6.70. The van der Waals surface area contributed by atoms with Gasteiger partial charge in [-0.05, 0) is 42.9 Å². The van der Waals surface area contributed by atoms with Crippen LogP contribution in [0.3, 0.4) is 0 Å². The number of hydrogen-bond acceptors (Lipinski definition) is 2. The zero-order valence-corrected chi connectivity index (χ0v) is 12.9. The Morgan fingerprint density at radius 1 is 1.58 bits per heavy atom. The summed E-state index contributed by atoms with van der Waals surface area (Å²) in [5.41, 5.74) is 1.86. The van der Waals surface area contributed by atoms with Crippen LogP contribution in [0.4, 0.5) is 0 Å². The largest absolute Gasteiger partial charge is 0.466 e. The molecule has 0 spiro atoms. The molecule has 0 aromatic rings. The van der Waals surface area contributed by atoms with Crippen LogP contribution in [0.2, 0.25) is 0 Å². The van der Waals surface area contributed by atoms with E-state index in [0.717, 1.165) is 11.8 Å². The summed E-state index contributed by atoms with van der Waals surface area (Å²) in [6.45, 7) is 9.37. The molecule has 2 aliphatic rings. The average Bonchev–Trinajstić information content (AvgIpc) is 2.68. The SMILES string of the molecule is CCOC(=O)C[C@H](C)C1=CC[C@H]2[C@H](C)CCC[C@]12C. The minimum Gasteiger partial charge on any atom is -0.466 e.